The van der Waals surface area contributed by atoms with Gasteiger partial charge in [0.05, 0.1) is 11.8 Å². The van der Waals surface area contributed by atoms with Crippen LogP contribution in [0.25, 0.3) is 0 Å². The average molecular weight is 508 g/mol. The van der Waals surface area contributed by atoms with E-state index in [0.717, 1.165) is 31.8 Å². The van der Waals surface area contributed by atoms with Crippen LogP contribution in [0, 0.1) is 23.7 Å². The third-order valence-corrected chi connectivity index (χ3v) is 6.19. The van der Waals surface area contributed by atoms with Crippen LogP contribution in [0.15, 0.2) is 47.5 Å². The number of hydrogen-bond acceptors (Lipinski definition) is 3. The van der Waals surface area contributed by atoms with Crippen molar-refractivity contribution in [3.8, 4) is 0 Å². The largest absolute Gasteiger partial charge is 0.356 e. The van der Waals surface area contributed by atoms with Crippen molar-refractivity contribution in [3.05, 3.63) is 48.0 Å². The first-order valence-corrected chi connectivity index (χ1v) is 10.2. The Morgan fingerprint density at radius 3 is 2.28 bits per heavy atom. The van der Waals surface area contributed by atoms with Gasteiger partial charge >= 0.3 is 0 Å². The van der Waals surface area contributed by atoms with E-state index in [4.69, 9.17) is 0 Å². The van der Waals surface area contributed by atoms with Crippen molar-refractivity contribution in [2.45, 2.75) is 19.3 Å². The molecule has 1 aromatic rings. The molecule has 4 atom stereocenters. The highest BCUT2D eigenvalue weighted by atomic mass is 127. The van der Waals surface area contributed by atoms with E-state index in [1.54, 1.807) is 7.05 Å². The number of carbonyl (C=O) groups excluding carboxylic acids is 2. The van der Waals surface area contributed by atoms with Crippen LogP contribution in [-0.4, -0.2) is 49.4 Å². The summed E-state index contributed by atoms with van der Waals surface area (Å²) in [6.07, 6.45) is 6.89. The fraction of sp³-hybridized carbons (Fsp3) is 0.500. The molecule has 2 amide bonds. The molecule has 2 fully saturated rings. The SMILES string of the molecule is CN=C(NCCCN1C(=O)C2C3C=CC(C3)C2C1=O)NCCc1ccccc1.I. The smallest absolute Gasteiger partial charge is 0.233 e. The molecule has 0 spiro atoms. The maximum atomic E-state index is 12.7. The third kappa shape index (κ3) is 4.49. The molecule has 1 aliphatic heterocycles. The third-order valence-electron chi connectivity index (χ3n) is 6.19. The monoisotopic (exact) mass is 508 g/mol. The van der Waals surface area contributed by atoms with Crippen molar-refractivity contribution in [1.29, 1.82) is 0 Å². The van der Waals surface area contributed by atoms with Gasteiger partial charge in [0.2, 0.25) is 11.8 Å². The number of allylic oxidation sites excluding steroid dienone is 2. The number of rotatable bonds is 7. The summed E-state index contributed by atoms with van der Waals surface area (Å²) >= 11 is 0. The first-order chi connectivity index (χ1) is 13.7. The van der Waals surface area contributed by atoms with E-state index in [0.29, 0.717) is 13.1 Å². The molecule has 4 rings (SSSR count). The number of nitrogens with zero attached hydrogens (tertiary/aromatic N) is 2. The fourth-order valence-electron chi connectivity index (χ4n) is 4.82. The molecule has 156 valence electrons. The van der Waals surface area contributed by atoms with E-state index in [1.165, 1.54) is 10.5 Å². The van der Waals surface area contributed by atoms with E-state index < -0.39 is 0 Å². The summed E-state index contributed by atoms with van der Waals surface area (Å²) in [5.74, 6) is 1.19. The van der Waals surface area contributed by atoms with E-state index in [9.17, 15) is 9.59 Å². The van der Waals surface area contributed by atoms with Crippen molar-refractivity contribution < 1.29 is 9.59 Å². The van der Waals surface area contributed by atoms with Gasteiger partial charge in [-0.3, -0.25) is 19.5 Å². The number of carbonyl (C=O) groups is 2. The van der Waals surface area contributed by atoms with Gasteiger partial charge in [0.15, 0.2) is 5.96 Å². The summed E-state index contributed by atoms with van der Waals surface area (Å²) in [5.41, 5.74) is 1.28. The topological polar surface area (TPSA) is 73.8 Å². The predicted molar refractivity (Wildman–Crippen MR) is 124 cm³/mol. The number of fused-ring (bicyclic) bond motifs is 5. The second-order valence-corrected chi connectivity index (χ2v) is 7.84. The number of hydrogen-bond donors (Lipinski definition) is 2. The molecule has 4 unspecified atom stereocenters. The summed E-state index contributed by atoms with van der Waals surface area (Å²) in [4.78, 5) is 31.1. The zero-order valence-electron chi connectivity index (χ0n) is 16.7. The lowest BCUT2D eigenvalue weighted by atomic mass is 9.85. The van der Waals surface area contributed by atoms with Crippen molar-refractivity contribution in [2.24, 2.45) is 28.7 Å². The van der Waals surface area contributed by atoms with Gasteiger partial charge in [0, 0.05) is 26.7 Å². The van der Waals surface area contributed by atoms with Gasteiger partial charge in [-0.25, -0.2) is 0 Å². The normalized spacial score (nSPS) is 27.2. The van der Waals surface area contributed by atoms with E-state index in [1.807, 2.05) is 18.2 Å². The molecule has 0 aromatic heterocycles. The number of nitrogens with one attached hydrogen (secondary N) is 2. The molecule has 1 aromatic carbocycles. The maximum Gasteiger partial charge on any atom is 0.233 e. The van der Waals surface area contributed by atoms with Crippen molar-refractivity contribution in [2.75, 3.05) is 26.7 Å². The van der Waals surface area contributed by atoms with Gasteiger partial charge < -0.3 is 10.6 Å². The van der Waals surface area contributed by atoms with Crippen LogP contribution in [0.1, 0.15) is 18.4 Å². The molecule has 1 heterocycles. The number of likely N-dealkylation sites (tertiary alicyclic amines) is 1. The minimum Gasteiger partial charge on any atom is -0.356 e. The minimum absolute atomic E-state index is 0. The van der Waals surface area contributed by atoms with Crippen LogP contribution < -0.4 is 10.6 Å². The highest BCUT2D eigenvalue weighted by Crippen LogP contribution is 2.52. The Bertz CT molecular complexity index is 765. The fourth-order valence-corrected chi connectivity index (χ4v) is 4.82. The summed E-state index contributed by atoms with van der Waals surface area (Å²) < 4.78 is 0. The lowest BCUT2D eigenvalue weighted by Gasteiger charge is -2.18. The summed E-state index contributed by atoms with van der Waals surface area (Å²) in [6.45, 7) is 1.95. The highest BCUT2D eigenvalue weighted by Gasteiger charge is 2.58. The first kappa shape index (κ1) is 21.8. The maximum absolute atomic E-state index is 12.7. The molecule has 2 bridgehead atoms. The van der Waals surface area contributed by atoms with E-state index in [2.05, 4.69) is 39.9 Å². The Kier molecular flexibility index (Phi) is 7.32. The van der Waals surface area contributed by atoms with Crippen molar-refractivity contribution in [1.82, 2.24) is 15.5 Å². The van der Waals surface area contributed by atoms with E-state index in [-0.39, 0.29) is 59.5 Å². The van der Waals surface area contributed by atoms with Gasteiger partial charge in [0.25, 0.3) is 0 Å². The van der Waals surface area contributed by atoms with Gasteiger partial charge in [-0.2, -0.15) is 0 Å². The van der Waals surface area contributed by atoms with Crippen LogP contribution in [0.4, 0.5) is 0 Å². The molecule has 7 heteroatoms. The predicted octanol–water partition coefficient (Wildman–Crippen LogP) is 2.21. The molecule has 3 aliphatic rings. The molecule has 2 aliphatic carbocycles. The number of imide groups is 1. The summed E-state index contributed by atoms with van der Waals surface area (Å²) in [5, 5.41) is 6.57. The Morgan fingerprint density at radius 2 is 1.66 bits per heavy atom. The molecular weight excluding hydrogens is 479 g/mol. The molecule has 1 saturated carbocycles. The number of guanidine groups is 1. The van der Waals surface area contributed by atoms with Crippen LogP contribution in [0.2, 0.25) is 0 Å². The number of aliphatic imine (C=N–C) groups is 1. The van der Waals surface area contributed by atoms with Crippen molar-refractivity contribution >= 4 is 41.8 Å². The second kappa shape index (κ2) is 9.73. The highest BCUT2D eigenvalue weighted by molar-refractivity contribution is 14.0. The van der Waals surface area contributed by atoms with Gasteiger partial charge in [0.1, 0.15) is 0 Å². The van der Waals surface area contributed by atoms with Crippen LogP contribution >= 0.6 is 24.0 Å². The lowest BCUT2D eigenvalue weighted by molar-refractivity contribution is -0.140. The Hall–Kier alpha value is -1.90. The zero-order chi connectivity index (χ0) is 19.5. The number of amides is 2. The zero-order valence-corrected chi connectivity index (χ0v) is 19.0. The second-order valence-electron chi connectivity index (χ2n) is 7.84. The van der Waals surface area contributed by atoms with Gasteiger partial charge in [-0.1, -0.05) is 42.5 Å². The molecular formula is C22H29IN4O2. The van der Waals surface area contributed by atoms with Gasteiger partial charge in [-0.05, 0) is 36.7 Å². The average Bonchev–Trinajstić information content (AvgIpc) is 3.39. The first-order valence-electron chi connectivity index (χ1n) is 10.2. The van der Waals surface area contributed by atoms with Crippen molar-refractivity contribution in [3.63, 3.8) is 0 Å². The molecule has 2 N–H and O–H groups in total. The van der Waals surface area contributed by atoms with E-state index >= 15 is 0 Å². The minimum atomic E-state index is -0.0946. The number of benzene rings is 1. The Morgan fingerprint density at radius 1 is 1.03 bits per heavy atom. The quantitative estimate of drug-likeness (QED) is 0.148. The van der Waals surface area contributed by atoms with Gasteiger partial charge in [-0.15, -0.1) is 24.0 Å². The number of halogens is 1. The molecule has 29 heavy (non-hydrogen) atoms. The van der Waals surface area contributed by atoms with Crippen LogP contribution in [0.3, 0.4) is 0 Å². The summed E-state index contributed by atoms with van der Waals surface area (Å²) in [7, 11) is 1.75. The standard InChI is InChI=1S/C22H28N4O2.HI/c1-23-22(25-12-10-15-6-3-2-4-7-15)24-11-5-13-26-20(27)18-16-8-9-17(14-16)19(18)21(26)28;/h2-4,6-9,16-19H,5,10-14H2,1H3,(H2,23,24,25);1H. The summed E-state index contributed by atoms with van der Waals surface area (Å²) in [6, 6.07) is 10.3. The molecule has 6 nitrogen and oxygen atoms in total. The molecule has 1 saturated heterocycles. The lowest BCUT2D eigenvalue weighted by Crippen LogP contribution is -2.40. The Balaban J connectivity index is 0.00000240. The van der Waals surface area contributed by atoms with Crippen LogP contribution in [-0.2, 0) is 16.0 Å². The molecule has 0 radical (unpaired) electrons. The van der Waals surface area contributed by atoms with Crippen LogP contribution in [0.5, 0.6) is 0 Å². The Labute approximate surface area is 189 Å².